The highest BCUT2D eigenvalue weighted by atomic mass is 16.2. The Morgan fingerprint density at radius 2 is 1.89 bits per heavy atom. The van der Waals surface area contributed by atoms with Crippen LogP contribution >= 0.6 is 0 Å². The lowest BCUT2D eigenvalue weighted by molar-refractivity contribution is -0.130. The Bertz CT molecular complexity index is 850. The predicted octanol–water partition coefficient (Wildman–Crippen LogP) is 2.92. The summed E-state index contributed by atoms with van der Waals surface area (Å²) in [6, 6.07) is 14.0. The van der Waals surface area contributed by atoms with Crippen LogP contribution in [0.25, 0.3) is 0 Å². The summed E-state index contributed by atoms with van der Waals surface area (Å²) in [5.41, 5.74) is 4.02. The van der Waals surface area contributed by atoms with Crippen LogP contribution in [0.3, 0.4) is 0 Å². The van der Waals surface area contributed by atoms with Crippen molar-refractivity contribution >= 4 is 11.8 Å². The standard InChI is InChI=1S/C23H27N3O2/c27-22(13-10-17-6-2-1-3-7-17)26-15-14-19(16-26)24-23(28)21-12-11-18-8-4-5-9-20(18)25-21/h1-3,6-7,11-12,19H,4-5,8-10,13-16H2,(H,24,28). The third-order valence-electron chi connectivity index (χ3n) is 5.76. The van der Waals surface area contributed by atoms with E-state index in [9.17, 15) is 9.59 Å². The van der Waals surface area contributed by atoms with Gasteiger partial charge >= 0.3 is 0 Å². The lowest BCUT2D eigenvalue weighted by atomic mass is 9.96. The third kappa shape index (κ3) is 4.41. The van der Waals surface area contributed by atoms with Crippen LogP contribution in [-0.4, -0.2) is 40.8 Å². The Morgan fingerprint density at radius 1 is 1.07 bits per heavy atom. The van der Waals surface area contributed by atoms with Crippen molar-refractivity contribution in [2.45, 2.75) is 51.0 Å². The van der Waals surface area contributed by atoms with Crippen LogP contribution in [0.4, 0.5) is 0 Å². The van der Waals surface area contributed by atoms with Gasteiger partial charge in [0.2, 0.25) is 5.91 Å². The van der Waals surface area contributed by atoms with Gasteiger partial charge in [-0.3, -0.25) is 9.59 Å². The molecule has 2 heterocycles. The van der Waals surface area contributed by atoms with Crippen molar-refractivity contribution in [2.75, 3.05) is 13.1 Å². The molecule has 1 unspecified atom stereocenters. The molecule has 0 radical (unpaired) electrons. The Balaban J connectivity index is 1.28. The molecular weight excluding hydrogens is 350 g/mol. The fourth-order valence-electron chi connectivity index (χ4n) is 4.13. The SMILES string of the molecule is O=C(NC1CCN(C(=O)CCc2ccccc2)C1)c1ccc2c(n1)CCCC2. The molecule has 28 heavy (non-hydrogen) atoms. The Kier molecular flexibility index (Phi) is 5.70. The molecule has 1 saturated heterocycles. The van der Waals surface area contributed by atoms with Crippen molar-refractivity contribution in [1.29, 1.82) is 0 Å². The quantitative estimate of drug-likeness (QED) is 0.871. The number of pyridine rings is 1. The van der Waals surface area contributed by atoms with Gasteiger partial charge in [-0.05, 0) is 55.7 Å². The molecule has 1 N–H and O–H groups in total. The van der Waals surface area contributed by atoms with Crippen molar-refractivity contribution in [3.8, 4) is 0 Å². The second-order valence-electron chi connectivity index (χ2n) is 7.79. The molecule has 5 heteroatoms. The van der Waals surface area contributed by atoms with E-state index in [0.717, 1.165) is 37.8 Å². The van der Waals surface area contributed by atoms with Crippen LogP contribution in [0.1, 0.15) is 53.0 Å². The van der Waals surface area contributed by atoms with Crippen LogP contribution in [0.15, 0.2) is 42.5 Å². The van der Waals surface area contributed by atoms with Crippen molar-refractivity contribution in [3.05, 3.63) is 65.0 Å². The third-order valence-corrected chi connectivity index (χ3v) is 5.76. The maximum Gasteiger partial charge on any atom is 0.270 e. The minimum Gasteiger partial charge on any atom is -0.346 e. The first-order valence-corrected chi connectivity index (χ1v) is 10.3. The van der Waals surface area contributed by atoms with Crippen LogP contribution in [-0.2, 0) is 24.1 Å². The molecule has 1 aromatic carbocycles. The summed E-state index contributed by atoms with van der Waals surface area (Å²) >= 11 is 0. The van der Waals surface area contributed by atoms with Crippen LogP contribution in [0, 0.1) is 0 Å². The summed E-state index contributed by atoms with van der Waals surface area (Å²) in [4.78, 5) is 31.5. The van der Waals surface area contributed by atoms with Gasteiger partial charge in [0.15, 0.2) is 0 Å². The number of nitrogens with one attached hydrogen (secondary N) is 1. The van der Waals surface area contributed by atoms with E-state index in [2.05, 4.69) is 10.3 Å². The zero-order valence-electron chi connectivity index (χ0n) is 16.2. The molecule has 1 aliphatic heterocycles. The highest BCUT2D eigenvalue weighted by Crippen LogP contribution is 2.20. The summed E-state index contributed by atoms with van der Waals surface area (Å²) in [7, 11) is 0. The Morgan fingerprint density at radius 3 is 2.75 bits per heavy atom. The second-order valence-corrected chi connectivity index (χ2v) is 7.79. The predicted molar refractivity (Wildman–Crippen MR) is 108 cm³/mol. The van der Waals surface area contributed by atoms with Gasteiger partial charge in [-0.1, -0.05) is 36.4 Å². The highest BCUT2D eigenvalue weighted by molar-refractivity contribution is 5.92. The number of hydrogen-bond acceptors (Lipinski definition) is 3. The summed E-state index contributed by atoms with van der Waals surface area (Å²) in [6.45, 7) is 1.29. The van der Waals surface area contributed by atoms with Crippen LogP contribution in [0.2, 0.25) is 0 Å². The zero-order chi connectivity index (χ0) is 19.3. The first kappa shape index (κ1) is 18.7. The smallest absolute Gasteiger partial charge is 0.270 e. The average molecular weight is 377 g/mol. The number of carbonyl (C=O) groups is 2. The van der Waals surface area contributed by atoms with E-state index < -0.39 is 0 Å². The molecule has 2 aliphatic rings. The molecule has 146 valence electrons. The van der Waals surface area contributed by atoms with Gasteiger partial charge in [-0.15, -0.1) is 0 Å². The van der Waals surface area contributed by atoms with Crippen molar-refractivity contribution < 1.29 is 9.59 Å². The van der Waals surface area contributed by atoms with Gasteiger partial charge in [-0.25, -0.2) is 4.98 Å². The lowest BCUT2D eigenvalue weighted by Gasteiger charge is -2.18. The number of nitrogens with zero attached hydrogens (tertiary/aromatic N) is 2. The molecule has 2 amide bonds. The molecule has 1 atom stereocenters. The fraction of sp³-hybridized carbons (Fsp3) is 0.435. The summed E-state index contributed by atoms with van der Waals surface area (Å²) in [5.74, 6) is 0.0319. The lowest BCUT2D eigenvalue weighted by Crippen LogP contribution is -2.39. The summed E-state index contributed by atoms with van der Waals surface area (Å²) < 4.78 is 0. The minimum absolute atomic E-state index is 0.00556. The highest BCUT2D eigenvalue weighted by Gasteiger charge is 2.27. The number of aromatic nitrogens is 1. The van der Waals surface area contributed by atoms with Crippen LogP contribution < -0.4 is 5.32 Å². The molecule has 1 aromatic heterocycles. The van der Waals surface area contributed by atoms with E-state index in [1.165, 1.54) is 17.5 Å². The molecule has 0 bridgehead atoms. The van der Waals surface area contributed by atoms with Crippen molar-refractivity contribution in [1.82, 2.24) is 15.2 Å². The number of amides is 2. The molecule has 0 saturated carbocycles. The minimum atomic E-state index is -0.128. The number of rotatable bonds is 5. The molecule has 5 nitrogen and oxygen atoms in total. The first-order valence-electron chi connectivity index (χ1n) is 10.3. The van der Waals surface area contributed by atoms with Gasteiger partial charge in [-0.2, -0.15) is 0 Å². The number of benzene rings is 1. The normalized spacial score (nSPS) is 18.6. The monoisotopic (exact) mass is 377 g/mol. The second kappa shape index (κ2) is 8.55. The molecule has 1 aliphatic carbocycles. The van der Waals surface area contributed by atoms with Gasteiger partial charge in [0.25, 0.3) is 5.91 Å². The number of carbonyl (C=O) groups excluding carboxylic acids is 2. The van der Waals surface area contributed by atoms with E-state index in [0.29, 0.717) is 25.2 Å². The summed E-state index contributed by atoms with van der Waals surface area (Å²) in [6.07, 6.45) is 6.44. The van der Waals surface area contributed by atoms with Crippen molar-refractivity contribution in [3.63, 3.8) is 0 Å². The summed E-state index contributed by atoms with van der Waals surface area (Å²) in [5, 5.41) is 3.07. The molecule has 2 aromatic rings. The topological polar surface area (TPSA) is 62.3 Å². The van der Waals surface area contributed by atoms with E-state index in [1.54, 1.807) is 0 Å². The Labute approximate surface area is 166 Å². The number of fused-ring (bicyclic) bond motifs is 1. The number of likely N-dealkylation sites (tertiary alicyclic amines) is 1. The number of hydrogen-bond donors (Lipinski definition) is 1. The maximum atomic E-state index is 12.6. The van der Waals surface area contributed by atoms with E-state index in [1.807, 2.05) is 47.4 Å². The maximum absolute atomic E-state index is 12.6. The van der Waals surface area contributed by atoms with Gasteiger partial charge in [0, 0.05) is 31.2 Å². The van der Waals surface area contributed by atoms with Crippen LogP contribution in [0.5, 0.6) is 0 Å². The number of aryl methyl sites for hydroxylation is 3. The van der Waals surface area contributed by atoms with Gasteiger partial charge in [0.1, 0.15) is 5.69 Å². The van der Waals surface area contributed by atoms with Gasteiger partial charge < -0.3 is 10.2 Å². The largest absolute Gasteiger partial charge is 0.346 e. The molecule has 0 spiro atoms. The van der Waals surface area contributed by atoms with E-state index >= 15 is 0 Å². The van der Waals surface area contributed by atoms with E-state index in [-0.39, 0.29) is 17.9 Å². The fourth-order valence-corrected chi connectivity index (χ4v) is 4.13. The Hall–Kier alpha value is -2.69. The van der Waals surface area contributed by atoms with E-state index in [4.69, 9.17) is 0 Å². The molecular formula is C23H27N3O2. The molecule has 4 rings (SSSR count). The molecule has 1 fully saturated rings. The van der Waals surface area contributed by atoms with Crippen molar-refractivity contribution in [2.24, 2.45) is 0 Å². The zero-order valence-corrected chi connectivity index (χ0v) is 16.2. The van der Waals surface area contributed by atoms with Gasteiger partial charge in [0.05, 0.1) is 0 Å². The average Bonchev–Trinajstić information content (AvgIpc) is 3.21. The first-order chi connectivity index (χ1) is 13.7.